The molecule has 10 heterocycles. The molecular weight excluding hydrogens is 1720 g/mol. The van der Waals surface area contributed by atoms with Crippen molar-refractivity contribution in [2.75, 3.05) is 0 Å². The van der Waals surface area contributed by atoms with Gasteiger partial charge in [0, 0.05) is 88.6 Å². The van der Waals surface area contributed by atoms with Crippen LogP contribution in [-0.2, 0) is 60.7 Å². The number of aromatic amines is 4. The average Bonchev–Trinajstić information content (AvgIpc) is 1.60. The van der Waals surface area contributed by atoms with Crippen LogP contribution in [0.15, 0.2) is 248 Å². The fourth-order valence-corrected chi connectivity index (χ4v) is 17.3. The number of fused-ring (bicyclic) bond motifs is 16. The second-order valence-electron chi connectivity index (χ2n) is 26.4. The minimum absolute atomic E-state index is 0. The Kier molecular flexibility index (Phi) is 28.5. The molecule has 17 rings (SSSR count). The molecule has 566 valence electrons. The summed E-state index contributed by atoms with van der Waals surface area (Å²) in [6, 6.07) is 52.6. The number of hydrogen-bond acceptors (Lipinski definition) is 22. The third-order valence-corrected chi connectivity index (χ3v) is 24.7. The SMILES string of the molecule is O=S(=O)([O-])c1ccc(-c2c3nc(c(-c4ccc(S(=O)(=O)[O-])cc4)c4ccc([nH]4)c(-c4ccccc4-c4c5nc(c(-c6ccc(S(=O)(=O)[O-])cc6)c6ccc([nH]6)c(-c6ccc(S(=O)(=O)[O-])cc6)c6nc(c(-c7ccc(S(=O)(=O)[O-])cc7)c7ccc4[nH]7)C=C6)C=C5)c4nc(c(-c5ccc(S(=O)(=O)[O-])cc5)c5ccc2[nH]5)C=C4)C=C3)cc1.[Na+].[Na+].[Na+].[Na+].[Na+].[Na+]. The van der Waals surface area contributed by atoms with Gasteiger partial charge in [0.05, 0.1) is 74.9 Å². The average molecular weight is 1760 g/mol. The summed E-state index contributed by atoms with van der Waals surface area (Å²) >= 11 is 0. The van der Waals surface area contributed by atoms with Gasteiger partial charge in [-0.3, -0.25) is 0 Å². The molecule has 4 N–H and O–H groups in total. The summed E-state index contributed by atoms with van der Waals surface area (Å²) in [4.78, 5) is 32.5. The quantitative estimate of drug-likeness (QED) is 0.0604. The Morgan fingerprint density at radius 3 is 0.458 bits per heavy atom. The van der Waals surface area contributed by atoms with Crippen LogP contribution >= 0.6 is 0 Å². The summed E-state index contributed by atoms with van der Waals surface area (Å²) in [5.41, 5.74) is 11.8. The minimum Gasteiger partial charge on any atom is -0.744 e. The van der Waals surface area contributed by atoms with E-state index in [2.05, 4.69) is 19.9 Å². The summed E-state index contributed by atoms with van der Waals surface area (Å²) in [6.45, 7) is 0. The van der Waals surface area contributed by atoms with Crippen LogP contribution in [0.25, 0.3) is 182 Å². The molecule has 0 unspecified atom stereocenters. The topological polar surface area (TPSA) is 458 Å². The van der Waals surface area contributed by atoms with Gasteiger partial charge in [-0.05, 0) is 214 Å². The van der Waals surface area contributed by atoms with E-state index in [-0.39, 0.29) is 177 Å². The van der Waals surface area contributed by atoms with Gasteiger partial charge in [-0.15, -0.1) is 0 Å². The van der Waals surface area contributed by atoms with Crippen molar-refractivity contribution >= 4 is 153 Å². The van der Waals surface area contributed by atoms with E-state index in [4.69, 9.17) is 19.9 Å². The molecule has 7 aromatic carbocycles. The number of H-pyrrole nitrogens is 4. The van der Waals surface area contributed by atoms with E-state index >= 15 is 0 Å². The van der Waals surface area contributed by atoms with Gasteiger partial charge in [0.2, 0.25) is 0 Å². The molecule has 0 saturated heterocycles. The summed E-state index contributed by atoms with van der Waals surface area (Å²) < 4.78 is 224. The Bertz CT molecular complexity index is 7030. The molecule has 0 aliphatic carbocycles. The maximum atomic E-state index is 12.5. The molecule has 0 atom stereocenters. The van der Waals surface area contributed by atoms with E-state index in [0.29, 0.717) is 179 Å². The predicted octanol–water partition coefficient (Wildman–Crippen LogP) is -3.59. The zero-order chi connectivity index (χ0) is 79.7. The van der Waals surface area contributed by atoms with Gasteiger partial charge in [-0.2, -0.15) is 0 Å². The Balaban J connectivity index is 0.00000235. The number of hydrogen-bond donors (Lipinski definition) is 4. The van der Waals surface area contributed by atoms with Crippen LogP contribution in [0.2, 0.25) is 0 Å². The number of nitrogens with zero attached hydrogens (tertiary/aromatic N) is 4. The fourth-order valence-electron chi connectivity index (χ4n) is 14.4. The molecule has 0 radical (unpaired) electrons. The molecule has 16 bridgehead atoms. The van der Waals surface area contributed by atoms with Crippen LogP contribution < -0.4 is 177 Å². The summed E-state index contributed by atoms with van der Waals surface area (Å²) in [5, 5.41) is 0. The molecule has 0 spiro atoms. The van der Waals surface area contributed by atoms with Gasteiger partial charge in [0.1, 0.15) is 60.7 Å². The minimum atomic E-state index is -4.96. The van der Waals surface area contributed by atoms with Gasteiger partial charge in [-0.25, -0.2) is 70.4 Å². The van der Waals surface area contributed by atoms with Gasteiger partial charge in [0.25, 0.3) is 0 Å². The van der Waals surface area contributed by atoms with Crippen molar-refractivity contribution < 1.29 is 255 Å². The van der Waals surface area contributed by atoms with E-state index in [1.807, 2.05) is 12.1 Å². The first kappa shape index (κ1) is 93.9. The third-order valence-electron chi connectivity index (χ3n) is 19.6. The Morgan fingerprint density at radius 1 is 0.183 bits per heavy atom. The number of aromatic nitrogens is 8. The summed E-state index contributed by atoms with van der Waals surface area (Å²) in [7, 11) is -29.7. The van der Waals surface area contributed by atoms with Gasteiger partial charge in [-0.1, -0.05) is 97.1 Å². The van der Waals surface area contributed by atoms with E-state index < -0.39 is 90.1 Å². The number of benzene rings is 7. The first-order valence-electron chi connectivity index (χ1n) is 34.1. The molecule has 0 fully saturated rings. The van der Waals surface area contributed by atoms with Crippen molar-refractivity contribution in [3.05, 3.63) is 264 Å². The van der Waals surface area contributed by atoms with Crippen LogP contribution in [-0.4, -0.2) is 118 Å². The molecule has 4 aliphatic rings. The molecule has 0 amide bonds. The second kappa shape index (κ2) is 36.4. The third kappa shape index (κ3) is 18.8. The van der Waals surface area contributed by atoms with E-state index in [1.54, 1.807) is 109 Å². The van der Waals surface area contributed by atoms with Crippen LogP contribution in [0.3, 0.4) is 0 Å². The molecule has 26 nitrogen and oxygen atoms in total. The maximum absolute atomic E-state index is 12.5. The molecule has 0 saturated carbocycles. The van der Waals surface area contributed by atoms with Crippen molar-refractivity contribution in [2.45, 2.75) is 29.4 Å². The smallest absolute Gasteiger partial charge is 0.744 e. The van der Waals surface area contributed by atoms with Crippen LogP contribution in [0.1, 0.15) is 45.6 Å². The van der Waals surface area contributed by atoms with Gasteiger partial charge < -0.3 is 47.3 Å². The Hall–Kier alpha value is -6.80. The normalized spacial score (nSPS) is 12.4. The fraction of sp³-hybridized carbons (Fsp3) is 0. The molecule has 6 aromatic heterocycles. The molecular formula is C82H48N8Na6O18S6. The van der Waals surface area contributed by atoms with Gasteiger partial charge >= 0.3 is 177 Å². The monoisotopic (exact) mass is 1760 g/mol. The van der Waals surface area contributed by atoms with Crippen molar-refractivity contribution in [1.82, 2.24) is 39.9 Å². The Morgan fingerprint density at radius 2 is 0.317 bits per heavy atom. The van der Waals surface area contributed by atoms with E-state index in [1.165, 1.54) is 121 Å². The van der Waals surface area contributed by atoms with Crippen molar-refractivity contribution in [2.24, 2.45) is 0 Å². The summed E-state index contributed by atoms with van der Waals surface area (Å²) in [5.74, 6) is 0. The maximum Gasteiger partial charge on any atom is 1.00 e. The second-order valence-corrected chi connectivity index (χ2v) is 34.7. The van der Waals surface area contributed by atoms with Crippen LogP contribution in [0, 0.1) is 0 Å². The molecule has 38 heteroatoms. The Labute approximate surface area is 819 Å². The summed E-state index contributed by atoms with van der Waals surface area (Å²) in [6.07, 6.45) is 13.8. The van der Waals surface area contributed by atoms with Gasteiger partial charge in [0.15, 0.2) is 0 Å². The predicted molar refractivity (Wildman–Crippen MR) is 423 cm³/mol. The zero-order valence-corrected chi connectivity index (χ0v) is 80.9. The number of rotatable bonds is 14. The largest absolute Gasteiger partial charge is 1.00 e. The first-order chi connectivity index (χ1) is 54.2. The zero-order valence-electron chi connectivity index (χ0n) is 64.0. The van der Waals surface area contributed by atoms with Crippen molar-refractivity contribution in [1.29, 1.82) is 0 Å². The molecule has 4 aliphatic heterocycles. The van der Waals surface area contributed by atoms with E-state index in [0.717, 1.165) is 24.3 Å². The molecule has 120 heavy (non-hydrogen) atoms. The van der Waals surface area contributed by atoms with E-state index in [9.17, 15) is 77.8 Å². The first-order valence-corrected chi connectivity index (χ1v) is 42.5. The van der Waals surface area contributed by atoms with Crippen molar-refractivity contribution in [3.63, 3.8) is 0 Å². The van der Waals surface area contributed by atoms with Crippen LogP contribution in [0.5, 0.6) is 0 Å². The van der Waals surface area contributed by atoms with Crippen molar-refractivity contribution in [3.8, 4) is 89.0 Å². The van der Waals surface area contributed by atoms with Crippen LogP contribution in [0.4, 0.5) is 0 Å². The molecule has 13 aromatic rings. The number of nitrogens with one attached hydrogen (secondary N) is 4. The standard InChI is InChI=1S/C82H54N8O18S6.6Na/c91-109(92,93)51-17-5-45(6-18-51)75-59-29-33-63(83-59)77(47-9-21-53(22-10-47)111(97,98)99)67-37-41-71(87-67)81(72-42-38-68(88-72)78(64-34-30-60(75)84-64)48-11-23-54(24-12-48)112(100,101)102)57-3-1-2-4-58(57)82-73-43-39-69(89-73)79(49-13-25-55(26-14-49)113(103,104)105)65-35-31-61(85-65)76(46-7-19-52(20-8-46)110(94,95)96)62-32-36-66(86-62)80(70-40-44-74(82)90-70)50-15-27-56(28-16-50)114(106,107)108;;;;;;/h1-44,83,85,88,90H,(H,91,92,93)(H,94,95,96)(H,97,98,99)(H,100,101,102)(H,103,104,105)(H,106,107,108);;;;;;/q;6*+1/p-6.